The van der Waals surface area contributed by atoms with Crippen molar-refractivity contribution in [1.29, 1.82) is 0 Å². The average Bonchev–Trinajstić information content (AvgIpc) is 2.63. The molecule has 0 radical (unpaired) electrons. The maximum absolute atomic E-state index is 12.5. The van der Waals surface area contributed by atoms with Crippen LogP contribution in [0.5, 0.6) is 0 Å². The molecule has 1 aromatic carbocycles. The van der Waals surface area contributed by atoms with Crippen molar-refractivity contribution in [1.82, 2.24) is 15.1 Å². The summed E-state index contributed by atoms with van der Waals surface area (Å²) in [6.07, 6.45) is 4.28. The molecule has 0 aromatic heterocycles. The lowest BCUT2D eigenvalue weighted by Crippen LogP contribution is -2.48. The SMILES string of the molecule is Cc1ccccc1CN1CCN(C(=O)CCC2CCNCC2)CC1. The summed E-state index contributed by atoms with van der Waals surface area (Å²) in [5, 5.41) is 3.39. The fraction of sp³-hybridized carbons (Fsp3) is 0.650. The van der Waals surface area contributed by atoms with E-state index in [-0.39, 0.29) is 0 Å². The third-order valence-corrected chi connectivity index (χ3v) is 5.61. The molecule has 0 spiro atoms. The van der Waals surface area contributed by atoms with Crippen LogP contribution in [-0.4, -0.2) is 55.0 Å². The standard InChI is InChI=1S/C20H31N3O/c1-17-4-2-3-5-19(17)16-22-12-14-23(15-13-22)20(24)7-6-18-8-10-21-11-9-18/h2-5,18,21H,6-16H2,1H3. The number of hydrogen-bond donors (Lipinski definition) is 1. The van der Waals surface area contributed by atoms with Gasteiger partial charge in [-0.05, 0) is 56.3 Å². The van der Waals surface area contributed by atoms with Crippen LogP contribution in [0.4, 0.5) is 0 Å². The normalized spacial score (nSPS) is 20.3. The van der Waals surface area contributed by atoms with Crippen molar-refractivity contribution in [2.24, 2.45) is 5.92 Å². The van der Waals surface area contributed by atoms with Crippen LogP contribution in [0.25, 0.3) is 0 Å². The first-order valence-corrected chi connectivity index (χ1v) is 9.48. The van der Waals surface area contributed by atoms with Gasteiger partial charge in [0.25, 0.3) is 0 Å². The smallest absolute Gasteiger partial charge is 0.222 e. The van der Waals surface area contributed by atoms with E-state index in [0.717, 1.165) is 64.6 Å². The lowest BCUT2D eigenvalue weighted by molar-refractivity contribution is -0.133. The zero-order chi connectivity index (χ0) is 16.8. The van der Waals surface area contributed by atoms with Gasteiger partial charge in [0.05, 0.1) is 0 Å². The molecule has 3 rings (SSSR count). The first-order valence-electron chi connectivity index (χ1n) is 9.48. The molecule has 2 aliphatic rings. The van der Waals surface area contributed by atoms with Crippen LogP contribution < -0.4 is 5.32 Å². The fourth-order valence-electron chi connectivity index (χ4n) is 3.84. The van der Waals surface area contributed by atoms with Gasteiger partial charge in [-0.2, -0.15) is 0 Å². The van der Waals surface area contributed by atoms with E-state index in [4.69, 9.17) is 0 Å². The van der Waals surface area contributed by atoms with E-state index >= 15 is 0 Å². The van der Waals surface area contributed by atoms with E-state index in [1.54, 1.807) is 0 Å². The summed E-state index contributed by atoms with van der Waals surface area (Å²) in [6.45, 7) is 9.18. The second kappa shape index (κ2) is 8.63. The number of nitrogens with one attached hydrogen (secondary N) is 1. The maximum Gasteiger partial charge on any atom is 0.222 e. The number of amides is 1. The van der Waals surface area contributed by atoms with Gasteiger partial charge in [-0.15, -0.1) is 0 Å². The first kappa shape index (κ1) is 17.4. The molecule has 4 nitrogen and oxygen atoms in total. The molecule has 2 saturated heterocycles. The molecule has 0 bridgehead atoms. The third-order valence-electron chi connectivity index (χ3n) is 5.61. The number of hydrogen-bond acceptors (Lipinski definition) is 3. The summed E-state index contributed by atoms with van der Waals surface area (Å²) in [6, 6.07) is 8.60. The zero-order valence-corrected chi connectivity index (χ0v) is 15.0. The number of aryl methyl sites for hydroxylation is 1. The number of piperidine rings is 1. The van der Waals surface area contributed by atoms with Crippen LogP contribution in [0, 0.1) is 12.8 Å². The minimum Gasteiger partial charge on any atom is -0.340 e. The van der Waals surface area contributed by atoms with Crippen molar-refractivity contribution >= 4 is 5.91 Å². The zero-order valence-electron chi connectivity index (χ0n) is 15.0. The summed E-state index contributed by atoms with van der Waals surface area (Å²) >= 11 is 0. The first-order chi connectivity index (χ1) is 11.7. The molecule has 0 saturated carbocycles. The molecular weight excluding hydrogens is 298 g/mol. The summed E-state index contributed by atoms with van der Waals surface area (Å²) in [5.41, 5.74) is 2.76. The molecule has 0 atom stereocenters. The Hall–Kier alpha value is -1.39. The Kier molecular flexibility index (Phi) is 6.27. The van der Waals surface area contributed by atoms with Gasteiger partial charge in [-0.25, -0.2) is 0 Å². The van der Waals surface area contributed by atoms with Gasteiger partial charge in [0.1, 0.15) is 0 Å². The maximum atomic E-state index is 12.5. The third kappa shape index (κ3) is 4.81. The van der Waals surface area contributed by atoms with Gasteiger partial charge in [0.15, 0.2) is 0 Å². The second-order valence-corrected chi connectivity index (χ2v) is 7.32. The molecule has 1 aromatic rings. The highest BCUT2D eigenvalue weighted by atomic mass is 16.2. The second-order valence-electron chi connectivity index (χ2n) is 7.32. The largest absolute Gasteiger partial charge is 0.340 e. The van der Waals surface area contributed by atoms with E-state index < -0.39 is 0 Å². The van der Waals surface area contributed by atoms with Crippen molar-refractivity contribution in [2.75, 3.05) is 39.3 Å². The van der Waals surface area contributed by atoms with Crippen molar-refractivity contribution < 1.29 is 4.79 Å². The van der Waals surface area contributed by atoms with E-state index in [1.165, 1.54) is 24.0 Å². The van der Waals surface area contributed by atoms with Crippen LogP contribution in [0.15, 0.2) is 24.3 Å². The number of piperazine rings is 1. The summed E-state index contributed by atoms with van der Waals surface area (Å²) < 4.78 is 0. The Morgan fingerprint density at radius 1 is 1.12 bits per heavy atom. The molecular formula is C20H31N3O. The van der Waals surface area contributed by atoms with E-state index in [0.29, 0.717) is 5.91 Å². The van der Waals surface area contributed by atoms with Gasteiger partial charge < -0.3 is 10.2 Å². The van der Waals surface area contributed by atoms with E-state index in [1.807, 2.05) is 0 Å². The molecule has 0 unspecified atom stereocenters. The Labute approximate surface area is 146 Å². The highest BCUT2D eigenvalue weighted by Gasteiger charge is 2.22. The van der Waals surface area contributed by atoms with Gasteiger partial charge in [-0.1, -0.05) is 24.3 Å². The van der Waals surface area contributed by atoms with Gasteiger partial charge in [-0.3, -0.25) is 9.69 Å². The minimum absolute atomic E-state index is 0.365. The topological polar surface area (TPSA) is 35.6 Å². The molecule has 0 aliphatic carbocycles. The molecule has 2 fully saturated rings. The van der Waals surface area contributed by atoms with Crippen LogP contribution in [0.1, 0.15) is 36.8 Å². The Balaban J connectivity index is 1.39. The highest BCUT2D eigenvalue weighted by Crippen LogP contribution is 2.19. The van der Waals surface area contributed by atoms with Crippen LogP contribution in [-0.2, 0) is 11.3 Å². The van der Waals surface area contributed by atoms with Crippen molar-refractivity contribution in [3.8, 4) is 0 Å². The van der Waals surface area contributed by atoms with E-state index in [9.17, 15) is 4.79 Å². The Morgan fingerprint density at radius 3 is 2.54 bits per heavy atom. The van der Waals surface area contributed by atoms with Crippen molar-refractivity contribution in [3.05, 3.63) is 35.4 Å². The molecule has 2 heterocycles. The number of carbonyl (C=O) groups is 1. The van der Waals surface area contributed by atoms with E-state index in [2.05, 4.69) is 46.3 Å². The van der Waals surface area contributed by atoms with Crippen molar-refractivity contribution in [2.45, 2.75) is 39.2 Å². The predicted molar refractivity (Wildman–Crippen MR) is 97.9 cm³/mol. The number of nitrogens with zero attached hydrogens (tertiary/aromatic N) is 2. The molecule has 132 valence electrons. The summed E-state index contributed by atoms with van der Waals surface area (Å²) in [5.74, 6) is 1.11. The molecule has 1 amide bonds. The summed E-state index contributed by atoms with van der Waals surface area (Å²) in [4.78, 5) is 17.0. The molecule has 2 aliphatic heterocycles. The van der Waals surface area contributed by atoms with Gasteiger partial charge >= 0.3 is 0 Å². The quantitative estimate of drug-likeness (QED) is 0.901. The van der Waals surface area contributed by atoms with Crippen LogP contribution in [0.3, 0.4) is 0 Å². The Morgan fingerprint density at radius 2 is 1.83 bits per heavy atom. The van der Waals surface area contributed by atoms with Gasteiger partial charge in [0.2, 0.25) is 5.91 Å². The molecule has 1 N–H and O–H groups in total. The lowest BCUT2D eigenvalue weighted by Gasteiger charge is -2.35. The summed E-state index contributed by atoms with van der Waals surface area (Å²) in [7, 11) is 0. The fourth-order valence-corrected chi connectivity index (χ4v) is 3.84. The van der Waals surface area contributed by atoms with Crippen LogP contribution >= 0.6 is 0 Å². The lowest BCUT2D eigenvalue weighted by atomic mass is 9.93. The number of benzene rings is 1. The predicted octanol–water partition coefficient (Wildman–Crippen LogP) is 2.42. The van der Waals surface area contributed by atoms with Crippen LogP contribution in [0.2, 0.25) is 0 Å². The monoisotopic (exact) mass is 329 g/mol. The molecule has 24 heavy (non-hydrogen) atoms. The molecule has 4 heteroatoms. The minimum atomic E-state index is 0.365. The Bertz CT molecular complexity index is 531. The van der Waals surface area contributed by atoms with Crippen molar-refractivity contribution in [3.63, 3.8) is 0 Å². The highest BCUT2D eigenvalue weighted by molar-refractivity contribution is 5.76. The average molecular weight is 329 g/mol. The number of rotatable bonds is 5. The van der Waals surface area contributed by atoms with Gasteiger partial charge in [0, 0.05) is 39.1 Å². The number of carbonyl (C=O) groups excluding carboxylic acids is 1.